The number of alkyl carbamates (subject to hydrolysis) is 2. The summed E-state index contributed by atoms with van der Waals surface area (Å²) in [6.45, 7) is 8.22. The first-order chi connectivity index (χ1) is 25.3. The highest BCUT2D eigenvalue weighted by atomic mass is 32.0. The van der Waals surface area contributed by atoms with E-state index in [1.807, 2.05) is 0 Å². The van der Waals surface area contributed by atoms with Crippen LogP contribution in [-0.4, -0.2) is 104 Å². The Morgan fingerprint density at radius 2 is 0.982 bits per heavy atom. The van der Waals surface area contributed by atoms with Crippen LogP contribution in [0.2, 0.25) is 0 Å². The van der Waals surface area contributed by atoms with Gasteiger partial charge in [-0.05, 0) is 41.5 Å². The van der Waals surface area contributed by atoms with Crippen molar-refractivity contribution in [1.29, 1.82) is 0 Å². The Labute approximate surface area is 311 Å². The van der Waals surface area contributed by atoms with E-state index >= 15 is 0 Å². The molecule has 3 rings (SSSR count). The summed E-state index contributed by atoms with van der Waals surface area (Å²) in [5.41, 5.74) is -1.69. The third-order valence-electron chi connectivity index (χ3n) is 5.96. The van der Waals surface area contributed by atoms with Crippen molar-refractivity contribution in [3.8, 4) is 5.75 Å². The number of imide groups is 2. The fraction of sp³-hybridized carbons (Fsp3) is 0.400. The van der Waals surface area contributed by atoms with Crippen LogP contribution in [0, 0.1) is 29.1 Å². The zero-order valence-electron chi connectivity index (χ0n) is 29.4. The van der Waals surface area contributed by atoms with Crippen LogP contribution in [0.1, 0.15) is 41.5 Å². The number of carboxylic acids is 1. The fourth-order valence-corrected chi connectivity index (χ4v) is 3.84. The number of carbonyl (C=O) groups excluding carboxylic acids is 7. The van der Waals surface area contributed by atoms with Crippen LogP contribution in [0.4, 0.5) is 35.7 Å². The van der Waals surface area contributed by atoms with Crippen molar-refractivity contribution in [3.63, 3.8) is 0 Å². The molecular weight excluding hydrogens is 800 g/mol. The van der Waals surface area contributed by atoms with E-state index in [9.17, 15) is 64.5 Å². The van der Waals surface area contributed by atoms with Crippen LogP contribution in [-0.2, 0) is 38.2 Å². The van der Waals surface area contributed by atoms with Crippen molar-refractivity contribution in [3.05, 3.63) is 53.4 Å². The molecule has 2 heterocycles. The van der Waals surface area contributed by atoms with Gasteiger partial charge in [-0.25, -0.2) is 36.5 Å². The summed E-state index contributed by atoms with van der Waals surface area (Å²) in [6, 6.07) is -3.49. The van der Waals surface area contributed by atoms with Gasteiger partial charge in [-0.1, -0.05) is 0 Å². The molecule has 25 heteroatoms. The van der Waals surface area contributed by atoms with Crippen molar-refractivity contribution in [1.82, 2.24) is 20.4 Å². The number of rotatable bonds is 10. The predicted octanol–water partition coefficient (Wildman–Crippen LogP) is 3.05. The molecule has 0 radical (unpaired) electrons. The Bertz CT molecular complexity index is 1680. The lowest BCUT2D eigenvalue weighted by Crippen LogP contribution is -2.53. The number of hydrogen-bond acceptors (Lipinski definition) is 12. The molecule has 0 saturated carbocycles. The highest BCUT2D eigenvalue weighted by Crippen LogP contribution is 2.32. The first-order valence-corrected chi connectivity index (χ1v) is 17.8. The highest BCUT2D eigenvalue weighted by molar-refractivity contribution is 8.06. The maximum absolute atomic E-state index is 13.8. The highest BCUT2D eigenvalue weighted by Gasteiger charge is 2.40. The van der Waals surface area contributed by atoms with Gasteiger partial charge in [-0.3, -0.25) is 29.0 Å². The second kappa shape index (κ2) is 20.5. The van der Waals surface area contributed by atoms with E-state index < -0.39 is 136 Å². The summed E-state index contributed by atoms with van der Waals surface area (Å²) < 4.78 is 92.1. The number of amides is 6. The van der Waals surface area contributed by atoms with Gasteiger partial charge in [0.2, 0.25) is 34.8 Å². The van der Waals surface area contributed by atoms with Gasteiger partial charge in [0.1, 0.15) is 19.8 Å². The molecule has 2 aliphatic heterocycles. The minimum absolute atomic E-state index is 0.270. The molecule has 17 nitrogen and oxygen atoms in total. The van der Waals surface area contributed by atoms with Crippen molar-refractivity contribution in [2.45, 2.75) is 64.8 Å². The number of nitrogens with zero attached hydrogens (tertiary/aromatic N) is 2. The fourth-order valence-electron chi connectivity index (χ4n) is 3.84. The Morgan fingerprint density at radius 3 is 1.29 bits per heavy atom. The van der Waals surface area contributed by atoms with E-state index in [1.165, 1.54) is 20.8 Å². The van der Waals surface area contributed by atoms with Crippen LogP contribution in [0.3, 0.4) is 0 Å². The molecule has 0 spiro atoms. The van der Waals surface area contributed by atoms with Gasteiger partial charge in [0.25, 0.3) is 23.6 Å². The lowest BCUT2D eigenvalue weighted by Gasteiger charge is -2.26. The van der Waals surface area contributed by atoms with Crippen LogP contribution >= 0.6 is 17.1 Å². The van der Waals surface area contributed by atoms with Gasteiger partial charge in [0.15, 0.2) is 12.1 Å². The number of carboxylic acid groups (broad SMARTS) is 1. The standard InChI is InChI=1S/C18H15F5N2O6.C12H16N2O6.FH3OP2/c1-18(2,3)31-17(29)24-6-7(25-8(26)4-5-9(25)27)16(28)30-15-13(22)11(20)10(19)12(21)14(15)23;1-12(2,3)20-11(19)13-6-7(10(17)18)14-8(15)4-5-9(14)16;1-3-4-2/h4-5,7H,6H2,1-3H3,(H,24,29);4-5,7H,6H2,1-3H3,(H,13,19)(H,17,18);2-4H/t2*7-;/m00./s1. The molecule has 0 bridgehead atoms. The summed E-state index contributed by atoms with van der Waals surface area (Å²) in [5.74, 6) is -20.8. The first kappa shape index (κ1) is 47.9. The summed E-state index contributed by atoms with van der Waals surface area (Å²) in [6.07, 6.45) is 1.56. The van der Waals surface area contributed by atoms with E-state index in [1.54, 1.807) is 20.8 Å². The Balaban J connectivity index is 0.000000540. The number of esters is 1. The molecule has 2 unspecified atom stereocenters. The van der Waals surface area contributed by atoms with Gasteiger partial charge in [-0.2, -0.15) is 8.78 Å². The van der Waals surface area contributed by atoms with Gasteiger partial charge in [-0.15, -0.1) is 0 Å². The molecule has 0 aromatic heterocycles. The van der Waals surface area contributed by atoms with Gasteiger partial charge in [0, 0.05) is 24.3 Å². The Kier molecular flexibility index (Phi) is 17.9. The third kappa shape index (κ3) is 14.6. The molecule has 1 aromatic rings. The largest absolute Gasteiger partial charge is 0.480 e. The van der Waals surface area contributed by atoms with E-state index in [0.717, 1.165) is 24.3 Å². The number of ether oxygens (including phenoxy) is 3. The Hall–Kier alpha value is -5.14. The molecule has 6 amide bonds. The molecule has 0 aliphatic carbocycles. The Morgan fingerprint density at radius 1 is 0.673 bits per heavy atom. The normalized spacial score (nSPS) is 15.1. The zero-order valence-corrected chi connectivity index (χ0v) is 31.4. The maximum Gasteiger partial charge on any atom is 0.407 e. The minimum atomic E-state index is -2.48. The average Bonchev–Trinajstić information content (AvgIpc) is 3.58. The summed E-state index contributed by atoms with van der Waals surface area (Å²) in [7, 11) is -1.27. The average molecular weight is 835 g/mol. The molecule has 4 atom stereocenters. The van der Waals surface area contributed by atoms with E-state index in [2.05, 4.69) is 15.4 Å². The number of halogens is 6. The topological polar surface area (TPSA) is 235 Å². The van der Waals surface area contributed by atoms with Gasteiger partial charge >= 0.3 is 24.1 Å². The van der Waals surface area contributed by atoms with E-state index in [4.69, 9.17) is 19.5 Å². The van der Waals surface area contributed by atoms with Crippen molar-refractivity contribution < 1.29 is 88.7 Å². The van der Waals surface area contributed by atoms with Gasteiger partial charge in [0.05, 0.1) is 21.6 Å². The lowest BCUT2D eigenvalue weighted by atomic mass is 10.2. The van der Waals surface area contributed by atoms with Crippen molar-refractivity contribution in [2.75, 3.05) is 13.1 Å². The first-order valence-electron chi connectivity index (χ1n) is 15.0. The number of carbonyl (C=O) groups is 8. The van der Waals surface area contributed by atoms with Crippen LogP contribution < -0.4 is 15.4 Å². The molecule has 0 saturated heterocycles. The van der Waals surface area contributed by atoms with E-state index in [-0.39, 0.29) is 4.90 Å². The maximum atomic E-state index is 13.8. The second-order valence-corrected chi connectivity index (χ2v) is 14.1. The monoisotopic (exact) mass is 834 g/mol. The second-order valence-electron chi connectivity index (χ2n) is 12.4. The van der Waals surface area contributed by atoms with Crippen LogP contribution in [0.15, 0.2) is 24.3 Å². The minimum Gasteiger partial charge on any atom is -0.480 e. The molecular formula is C30H34F6N4O13P2. The van der Waals surface area contributed by atoms with Crippen LogP contribution in [0.25, 0.3) is 0 Å². The molecule has 2 aliphatic rings. The summed E-state index contributed by atoms with van der Waals surface area (Å²) >= 11 is 0. The van der Waals surface area contributed by atoms with E-state index in [0.29, 0.717) is 4.90 Å². The van der Waals surface area contributed by atoms with Crippen LogP contribution in [0.5, 0.6) is 5.75 Å². The number of benzene rings is 1. The molecule has 0 fully saturated rings. The summed E-state index contributed by atoms with van der Waals surface area (Å²) in [4.78, 5) is 102. The zero-order chi connectivity index (χ0) is 42.6. The molecule has 1 aromatic carbocycles. The third-order valence-corrected chi connectivity index (χ3v) is 6.30. The summed E-state index contributed by atoms with van der Waals surface area (Å²) in [5, 5.41) is 13.3. The molecule has 4 N–H and O–H groups in total. The molecule has 55 heavy (non-hydrogen) atoms. The number of nitrogens with one attached hydrogen (secondary N) is 2. The smallest absolute Gasteiger partial charge is 0.407 e. The van der Waals surface area contributed by atoms with Crippen molar-refractivity contribution >= 4 is 64.8 Å². The lowest BCUT2D eigenvalue weighted by molar-refractivity contribution is -0.153. The number of aliphatic carboxylic acids is 1. The SMILES string of the molecule is CC(C)(C)OC(=O)NC[C@@H](C(=O)O)N1C(=O)C=CC1=O.CC(C)(C)OC(=O)NC[C@@H](C(=O)Oc1c(F)c(F)c(F)c(F)c1F)N1C(=O)C=CC1=O.OPPF. The number of hydrogen-bond donors (Lipinski definition) is 4. The van der Waals surface area contributed by atoms with Gasteiger partial charge < -0.3 is 34.8 Å². The quantitative estimate of drug-likeness (QED) is 0.0506. The molecule has 304 valence electrons. The predicted molar refractivity (Wildman–Crippen MR) is 177 cm³/mol. The van der Waals surface area contributed by atoms with Crippen molar-refractivity contribution in [2.24, 2.45) is 0 Å².